The molecule has 29 heavy (non-hydrogen) atoms. The second kappa shape index (κ2) is 7.65. The Morgan fingerprint density at radius 2 is 1.90 bits per heavy atom. The van der Waals surface area contributed by atoms with Crippen LogP contribution in [0.4, 0.5) is 11.4 Å². The summed E-state index contributed by atoms with van der Waals surface area (Å²) in [5.41, 5.74) is 2.06. The van der Waals surface area contributed by atoms with Gasteiger partial charge in [0.25, 0.3) is 11.6 Å². The molecule has 3 aromatic rings. The molecule has 144 valence electrons. The number of nitro benzene ring substituents is 1. The molecule has 1 aliphatic heterocycles. The number of benzene rings is 2. The van der Waals surface area contributed by atoms with E-state index in [1.807, 2.05) is 30.3 Å². The Bertz CT molecular complexity index is 1170. The predicted molar refractivity (Wildman–Crippen MR) is 118 cm³/mol. The summed E-state index contributed by atoms with van der Waals surface area (Å²) in [4.78, 5) is 25.3. The van der Waals surface area contributed by atoms with E-state index < -0.39 is 4.92 Å². The number of nitrogens with zero attached hydrogens (tertiary/aromatic N) is 2. The van der Waals surface area contributed by atoms with Crippen molar-refractivity contribution in [2.24, 2.45) is 0 Å². The number of nitro groups is 1. The van der Waals surface area contributed by atoms with Gasteiger partial charge in [-0.25, -0.2) is 0 Å². The van der Waals surface area contributed by atoms with E-state index >= 15 is 0 Å². The van der Waals surface area contributed by atoms with Crippen LogP contribution in [0.2, 0.25) is 0 Å². The van der Waals surface area contributed by atoms with E-state index in [4.69, 9.17) is 16.6 Å². The number of hydrogen-bond donors (Lipinski definition) is 0. The van der Waals surface area contributed by atoms with Crippen LogP contribution in [-0.4, -0.2) is 15.2 Å². The number of rotatable bonds is 4. The Morgan fingerprint density at radius 1 is 1.14 bits per heavy atom. The van der Waals surface area contributed by atoms with Gasteiger partial charge in [-0.05, 0) is 43.3 Å². The lowest BCUT2D eigenvalue weighted by Crippen LogP contribution is -2.27. The maximum absolute atomic E-state index is 12.8. The number of thiocarbonyl (C=S) groups is 1. The normalized spacial score (nSPS) is 15.3. The van der Waals surface area contributed by atoms with Crippen LogP contribution in [0, 0.1) is 17.0 Å². The van der Waals surface area contributed by atoms with Crippen molar-refractivity contribution >= 4 is 51.7 Å². The molecule has 1 aliphatic rings. The molecule has 1 fully saturated rings. The largest absolute Gasteiger partial charge is 0.457 e. The van der Waals surface area contributed by atoms with Crippen LogP contribution in [0.5, 0.6) is 0 Å². The third kappa shape index (κ3) is 3.72. The van der Waals surface area contributed by atoms with Crippen molar-refractivity contribution in [2.75, 3.05) is 4.90 Å². The van der Waals surface area contributed by atoms with E-state index in [9.17, 15) is 14.9 Å². The third-order valence-electron chi connectivity index (χ3n) is 4.39. The Labute approximate surface area is 176 Å². The second-order valence-electron chi connectivity index (χ2n) is 6.31. The summed E-state index contributed by atoms with van der Waals surface area (Å²) >= 11 is 6.58. The van der Waals surface area contributed by atoms with Crippen molar-refractivity contribution in [1.82, 2.24) is 0 Å². The van der Waals surface area contributed by atoms with Gasteiger partial charge in [0.2, 0.25) is 0 Å². The average Bonchev–Trinajstić information content (AvgIpc) is 3.27. The van der Waals surface area contributed by atoms with Gasteiger partial charge in [-0.1, -0.05) is 42.2 Å². The number of carbonyl (C=O) groups excluding carboxylic acids is 1. The number of hydrogen-bond acceptors (Lipinski definition) is 6. The highest BCUT2D eigenvalue weighted by molar-refractivity contribution is 8.27. The molecule has 0 unspecified atom stereocenters. The van der Waals surface area contributed by atoms with E-state index in [2.05, 4.69) is 0 Å². The van der Waals surface area contributed by atoms with Crippen LogP contribution in [0.1, 0.15) is 11.3 Å². The summed E-state index contributed by atoms with van der Waals surface area (Å²) in [6.07, 6.45) is 1.66. The SMILES string of the molecule is Cc1cc(-c2ccc(/C=C3\SC(=S)N(c4ccccc4)C3=O)o2)ccc1[N+](=O)[O-]. The number of furan rings is 1. The first-order valence-corrected chi connectivity index (χ1v) is 9.85. The minimum Gasteiger partial charge on any atom is -0.457 e. The fraction of sp³-hybridized carbons (Fsp3) is 0.0476. The Hall–Kier alpha value is -3.23. The van der Waals surface area contributed by atoms with Gasteiger partial charge in [-0.2, -0.15) is 0 Å². The molecule has 2 aromatic carbocycles. The summed E-state index contributed by atoms with van der Waals surface area (Å²) in [7, 11) is 0. The number of aryl methyl sites for hydroxylation is 1. The molecule has 6 nitrogen and oxygen atoms in total. The van der Waals surface area contributed by atoms with Crippen LogP contribution in [0.25, 0.3) is 17.4 Å². The molecule has 0 saturated carbocycles. The zero-order valence-electron chi connectivity index (χ0n) is 15.2. The Balaban J connectivity index is 1.60. The zero-order chi connectivity index (χ0) is 20.5. The molecule has 8 heteroatoms. The minimum absolute atomic E-state index is 0.0603. The standard InChI is InChI=1S/C21H14N2O4S2/c1-13-11-14(7-9-17(13)23(25)26)18-10-8-16(27-18)12-19-20(24)22(21(28)29-19)15-5-3-2-4-6-15/h2-12H,1H3/b19-12-. The maximum atomic E-state index is 12.8. The van der Waals surface area contributed by atoms with Crippen LogP contribution in [-0.2, 0) is 4.79 Å². The van der Waals surface area contributed by atoms with Gasteiger partial charge in [0, 0.05) is 23.3 Å². The van der Waals surface area contributed by atoms with Crippen LogP contribution < -0.4 is 4.90 Å². The quantitative estimate of drug-likeness (QED) is 0.237. The Morgan fingerprint density at radius 3 is 2.59 bits per heavy atom. The molecule has 1 saturated heterocycles. The van der Waals surface area contributed by atoms with E-state index in [-0.39, 0.29) is 11.6 Å². The molecule has 4 rings (SSSR count). The summed E-state index contributed by atoms with van der Waals surface area (Å²) in [6.45, 7) is 1.68. The first-order chi connectivity index (χ1) is 13.9. The molecule has 0 atom stereocenters. The fourth-order valence-electron chi connectivity index (χ4n) is 3.00. The van der Waals surface area contributed by atoms with Crippen molar-refractivity contribution in [3.05, 3.63) is 87.0 Å². The monoisotopic (exact) mass is 422 g/mol. The molecule has 0 bridgehead atoms. The van der Waals surface area contributed by atoms with Gasteiger partial charge < -0.3 is 4.42 Å². The van der Waals surface area contributed by atoms with Crippen molar-refractivity contribution in [2.45, 2.75) is 6.92 Å². The van der Waals surface area contributed by atoms with E-state index in [1.54, 1.807) is 37.3 Å². The van der Waals surface area contributed by atoms with Crippen molar-refractivity contribution in [3.63, 3.8) is 0 Å². The molecule has 1 aromatic heterocycles. The first kappa shape index (κ1) is 19.1. The fourth-order valence-corrected chi connectivity index (χ4v) is 4.27. The van der Waals surface area contributed by atoms with Gasteiger partial charge in [0.05, 0.1) is 15.5 Å². The van der Waals surface area contributed by atoms with Gasteiger partial charge in [0.15, 0.2) is 4.32 Å². The molecule has 0 aliphatic carbocycles. The first-order valence-electron chi connectivity index (χ1n) is 8.62. The average molecular weight is 422 g/mol. The Kier molecular flexibility index (Phi) is 5.04. The molecule has 0 spiro atoms. The minimum atomic E-state index is -0.415. The molecular formula is C21H14N2O4S2. The summed E-state index contributed by atoms with van der Waals surface area (Å²) in [6, 6.07) is 17.6. The summed E-state index contributed by atoms with van der Waals surface area (Å²) in [5.74, 6) is 0.868. The summed E-state index contributed by atoms with van der Waals surface area (Å²) < 4.78 is 6.30. The number of carbonyl (C=O) groups is 1. The highest BCUT2D eigenvalue weighted by atomic mass is 32.2. The number of anilines is 1. The van der Waals surface area contributed by atoms with Crippen LogP contribution in [0.3, 0.4) is 0 Å². The maximum Gasteiger partial charge on any atom is 0.272 e. The topological polar surface area (TPSA) is 76.6 Å². The highest BCUT2D eigenvalue weighted by Gasteiger charge is 2.33. The molecule has 0 radical (unpaired) electrons. The predicted octanol–water partition coefficient (Wildman–Crippen LogP) is 5.57. The van der Waals surface area contributed by atoms with Gasteiger partial charge in [0.1, 0.15) is 11.5 Å². The number of thioether (sulfide) groups is 1. The lowest BCUT2D eigenvalue weighted by atomic mass is 10.1. The van der Waals surface area contributed by atoms with Gasteiger partial charge >= 0.3 is 0 Å². The zero-order valence-corrected chi connectivity index (χ0v) is 16.8. The van der Waals surface area contributed by atoms with Crippen molar-refractivity contribution < 1.29 is 14.1 Å². The van der Waals surface area contributed by atoms with Crippen molar-refractivity contribution in [3.8, 4) is 11.3 Å². The number of para-hydroxylation sites is 1. The summed E-state index contributed by atoms with van der Waals surface area (Å²) in [5, 5.41) is 11.0. The molecular weight excluding hydrogens is 408 g/mol. The lowest BCUT2D eigenvalue weighted by molar-refractivity contribution is -0.385. The van der Waals surface area contributed by atoms with Crippen LogP contribution >= 0.6 is 24.0 Å². The highest BCUT2D eigenvalue weighted by Crippen LogP contribution is 2.36. The van der Waals surface area contributed by atoms with E-state index in [0.717, 1.165) is 11.3 Å². The molecule has 0 N–H and O–H groups in total. The second-order valence-corrected chi connectivity index (χ2v) is 7.99. The van der Waals surface area contributed by atoms with Gasteiger partial charge in [-0.3, -0.25) is 19.8 Å². The lowest BCUT2D eigenvalue weighted by Gasteiger charge is -2.13. The van der Waals surface area contributed by atoms with Crippen molar-refractivity contribution in [1.29, 1.82) is 0 Å². The van der Waals surface area contributed by atoms with Gasteiger partial charge in [-0.15, -0.1) is 0 Å². The third-order valence-corrected chi connectivity index (χ3v) is 5.69. The smallest absolute Gasteiger partial charge is 0.272 e. The van der Waals surface area contributed by atoms with Crippen LogP contribution in [0.15, 0.2) is 70.0 Å². The van der Waals surface area contributed by atoms with E-state index in [0.29, 0.717) is 26.3 Å². The molecule has 1 amide bonds. The number of amides is 1. The van der Waals surface area contributed by atoms with E-state index in [1.165, 1.54) is 22.7 Å². The molecule has 2 heterocycles.